The average molecular weight is 143 g/mol. The van der Waals surface area contributed by atoms with Crippen molar-refractivity contribution in [2.75, 3.05) is 12.5 Å². The molecule has 0 aromatic carbocycles. The SMILES string of the molecule is OOCC(CCl)OO. The van der Waals surface area contributed by atoms with Gasteiger partial charge in [-0.3, -0.25) is 10.5 Å². The summed E-state index contributed by atoms with van der Waals surface area (Å²) in [6.07, 6.45) is -0.651. The van der Waals surface area contributed by atoms with E-state index in [0.29, 0.717) is 0 Å². The van der Waals surface area contributed by atoms with Crippen molar-refractivity contribution in [1.29, 1.82) is 0 Å². The smallest absolute Gasteiger partial charge is 0.133 e. The Bertz CT molecular complexity index is 46.5. The van der Waals surface area contributed by atoms with Gasteiger partial charge in [-0.15, -0.1) is 11.6 Å². The Hall–Kier alpha value is 0.130. The zero-order valence-electron chi connectivity index (χ0n) is 4.08. The molecule has 4 nitrogen and oxygen atoms in total. The molecule has 0 bridgehead atoms. The van der Waals surface area contributed by atoms with E-state index in [-0.39, 0.29) is 12.5 Å². The second-order valence-corrected chi connectivity index (χ2v) is 1.49. The summed E-state index contributed by atoms with van der Waals surface area (Å²) in [7, 11) is 0. The molecule has 1 atom stereocenters. The lowest BCUT2D eigenvalue weighted by Crippen LogP contribution is -2.18. The fourth-order valence-corrected chi connectivity index (χ4v) is 0.332. The summed E-state index contributed by atoms with van der Waals surface area (Å²) in [5.41, 5.74) is 0. The van der Waals surface area contributed by atoms with Crippen LogP contribution < -0.4 is 0 Å². The van der Waals surface area contributed by atoms with Gasteiger partial charge >= 0.3 is 0 Å². The topological polar surface area (TPSA) is 58.9 Å². The molecule has 0 aliphatic heterocycles. The first-order valence-corrected chi connectivity index (χ1v) is 2.51. The van der Waals surface area contributed by atoms with E-state index in [1.165, 1.54) is 0 Å². The summed E-state index contributed by atoms with van der Waals surface area (Å²) in [6.45, 7) is -0.125. The highest BCUT2D eigenvalue weighted by molar-refractivity contribution is 6.18. The molecule has 0 amide bonds. The molecule has 0 saturated carbocycles. The van der Waals surface area contributed by atoms with Crippen molar-refractivity contribution in [2.24, 2.45) is 0 Å². The molecule has 0 fully saturated rings. The van der Waals surface area contributed by atoms with Crippen LogP contribution in [0.4, 0.5) is 0 Å². The first-order chi connectivity index (χ1) is 3.85. The van der Waals surface area contributed by atoms with E-state index >= 15 is 0 Å². The maximum absolute atomic E-state index is 7.88. The Morgan fingerprint density at radius 1 is 1.50 bits per heavy atom. The van der Waals surface area contributed by atoms with Crippen molar-refractivity contribution in [3.8, 4) is 0 Å². The van der Waals surface area contributed by atoms with Crippen molar-refractivity contribution in [2.45, 2.75) is 6.10 Å². The van der Waals surface area contributed by atoms with Crippen LogP contribution in [0.25, 0.3) is 0 Å². The molecule has 0 aromatic heterocycles. The van der Waals surface area contributed by atoms with Crippen molar-refractivity contribution in [1.82, 2.24) is 0 Å². The van der Waals surface area contributed by atoms with Crippen LogP contribution in [0.1, 0.15) is 0 Å². The predicted molar refractivity (Wildman–Crippen MR) is 26.8 cm³/mol. The van der Waals surface area contributed by atoms with Gasteiger partial charge in [0.1, 0.15) is 12.7 Å². The highest BCUT2D eigenvalue weighted by atomic mass is 35.5. The number of hydrogen-bond acceptors (Lipinski definition) is 4. The minimum absolute atomic E-state index is 0.0804. The Morgan fingerprint density at radius 3 is 2.25 bits per heavy atom. The second-order valence-electron chi connectivity index (χ2n) is 1.18. The fourth-order valence-electron chi connectivity index (χ4n) is 0.186. The molecule has 1 unspecified atom stereocenters. The lowest BCUT2D eigenvalue weighted by atomic mass is 10.4. The molecule has 0 aliphatic carbocycles. The summed E-state index contributed by atoms with van der Waals surface area (Å²) >= 11 is 5.17. The molecular formula is C3H7ClO4. The molecule has 8 heavy (non-hydrogen) atoms. The Labute approximate surface area is 51.4 Å². The van der Waals surface area contributed by atoms with Crippen molar-refractivity contribution >= 4 is 11.6 Å². The van der Waals surface area contributed by atoms with Crippen LogP contribution in [-0.2, 0) is 9.78 Å². The van der Waals surface area contributed by atoms with Gasteiger partial charge in [-0.25, -0.2) is 9.78 Å². The summed E-state index contributed by atoms with van der Waals surface area (Å²) < 4.78 is 0. The first kappa shape index (κ1) is 8.13. The van der Waals surface area contributed by atoms with Gasteiger partial charge in [0.25, 0.3) is 0 Å². The van der Waals surface area contributed by atoms with Gasteiger partial charge in [0, 0.05) is 0 Å². The van der Waals surface area contributed by atoms with Gasteiger partial charge in [-0.1, -0.05) is 0 Å². The predicted octanol–water partition coefficient (Wildman–Crippen LogP) is 0.573. The zero-order valence-corrected chi connectivity index (χ0v) is 4.84. The molecule has 0 spiro atoms. The first-order valence-electron chi connectivity index (χ1n) is 1.97. The van der Waals surface area contributed by atoms with E-state index in [4.69, 9.17) is 22.1 Å². The van der Waals surface area contributed by atoms with E-state index < -0.39 is 6.10 Å². The maximum Gasteiger partial charge on any atom is 0.133 e. The van der Waals surface area contributed by atoms with E-state index in [9.17, 15) is 0 Å². The molecule has 5 heteroatoms. The Morgan fingerprint density at radius 2 is 2.12 bits per heavy atom. The lowest BCUT2D eigenvalue weighted by molar-refractivity contribution is -0.321. The van der Waals surface area contributed by atoms with Gasteiger partial charge < -0.3 is 0 Å². The van der Waals surface area contributed by atoms with Crippen LogP contribution in [-0.4, -0.2) is 29.1 Å². The van der Waals surface area contributed by atoms with E-state index in [0.717, 1.165) is 0 Å². The minimum Gasteiger partial charge on any atom is -0.252 e. The van der Waals surface area contributed by atoms with Gasteiger partial charge in [0.15, 0.2) is 0 Å². The lowest BCUT2D eigenvalue weighted by Gasteiger charge is -2.04. The fraction of sp³-hybridized carbons (Fsp3) is 1.00. The zero-order chi connectivity index (χ0) is 6.41. The molecule has 0 aromatic rings. The molecule has 50 valence electrons. The third-order valence-electron chi connectivity index (χ3n) is 0.582. The standard InChI is InChI=1S/C3H7ClO4/c4-1-3(8-6)2-7-5/h3,5-6H,1-2H2. The van der Waals surface area contributed by atoms with Crippen LogP contribution >= 0.6 is 11.6 Å². The van der Waals surface area contributed by atoms with Crippen molar-refractivity contribution in [3.05, 3.63) is 0 Å². The average Bonchev–Trinajstić information content (AvgIpc) is 1.83. The number of halogens is 1. The van der Waals surface area contributed by atoms with E-state index in [1.54, 1.807) is 0 Å². The largest absolute Gasteiger partial charge is 0.252 e. The number of hydrogen-bond donors (Lipinski definition) is 2. The van der Waals surface area contributed by atoms with Crippen molar-refractivity contribution in [3.63, 3.8) is 0 Å². The van der Waals surface area contributed by atoms with E-state index in [2.05, 4.69) is 9.78 Å². The van der Waals surface area contributed by atoms with Crippen LogP contribution in [0, 0.1) is 0 Å². The molecule has 0 aliphatic rings. The van der Waals surface area contributed by atoms with Crippen LogP contribution in [0.3, 0.4) is 0 Å². The molecule has 2 N–H and O–H groups in total. The minimum atomic E-state index is -0.651. The van der Waals surface area contributed by atoms with E-state index in [1.807, 2.05) is 0 Å². The molecule has 0 rings (SSSR count). The molecule has 0 saturated heterocycles. The second kappa shape index (κ2) is 5.27. The van der Waals surface area contributed by atoms with Crippen LogP contribution in [0.15, 0.2) is 0 Å². The summed E-state index contributed by atoms with van der Waals surface area (Å²) in [6, 6.07) is 0. The summed E-state index contributed by atoms with van der Waals surface area (Å²) in [5, 5.41) is 15.6. The van der Waals surface area contributed by atoms with Crippen LogP contribution in [0.2, 0.25) is 0 Å². The van der Waals surface area contributed by atoms with Gasteiger partial charge in [-0.05, 0) is 0 Å². The Balaban J connectivity index is 3.07. The highest BCUT2D eigenvalue weighted by Gasteiger charge is 2.05. The molecular weight excluding hydrogens is 135 g/mol. The number of rotatable bonds is 4. The summed E-state index contributed by atoms with van der Waals surface area (Å²) in [5.74, 6) is 0.0804. The summed E-state index contributed by atoms with van der Waals surface area (Å²) in [4.78, 5) is 7.34. The Kier molecular flexibility index (Phi) is 5.36. The van der Waals surface area contributed by atoms with Crippen LogP contribution in [0.5, 0.6) is 0 Å². The molecule has 0 radical (unpaired) electrons. The van der Waals surface area contributed by atoms with Gasteiger partial charge in [-0.2, -0.15) is 0 Å². The third-order valence-corrected chi connectivity index (χ3v) is 0.926. The highest BCUT2D eigenvalue weighted by Crippen LogP contribution is 1.91. The van der Waals surface area contributed by atoms with Gasteiger partial charge in [0.05, 0.1) is 5.88 Å². The monoisotopic (exact) mass is 142 g/mol. The quantitative estimate of drug-likeness (QED) is 0.342. The number of alkyl halides is 1. The van der Waals surface area contributed by atoms with Gasteiger partial charge in [0.2, 0.25) is 0 Å². The maximum atomic E-state index is 7.88. The van der Waals surface area contributed by atoms with Crippen molar-refractivity contribution < 1.29 is 20.3 Å². The third kappa shape index (κ3) is 3.17. The molecule has 0 heterocycles. The normalized spacial score (nSPS) is 13.9.